The Hall–Kier alpha value is -3.33. The maximum atomic E-state index is 14.0. The third-order valence-electron chi connectivity index (χ3n) is 4.46. The second-order valence-electron chi connectivity index (χ2n) is 6.73. The first-order chi connectivity index (χ1) is 13.0. The Bertz CT molecular complexity index is 1130. The number of nitrogens with one attached hydrogen (secondary N) is 1. The van der Waals surface area contributed by atoms with Crippen molar-refractivity contribution in [3.63, 3.8) is 0 Å². The Morgan fingerprint density at radius 3 is 2.63 bits per heavy atom. The zero-order chi connectivity index (χ0) is 19.0. The van der Waals surface area contributed by atoms with Gasteiger partial charge in [0, 0.05) is 41.0 Å². The lowest BCUT2D eigenvalue weighted by Crippen LogP contribution is -2.14. The summed E-state index contributed by atoms with van der Waals surface area (Å²) in [4.78, 5) is 24.7. The van der Waals surface area contributed by atoms with Gasteiger partial charge in [-0.1, -0.05) is 5.92 Å². The zero-order valence-electron chi connectivity index (χ0n) is 15.0. The van der Waals surface area contributed by atoms with Crippen LogP contribution in [0.2, 0.25) is 0 Å². The molecule has 6 heteroatoms. The summed E-state index contributed by atoms with van der Waals surface area (Å²) in [6, 6.07) is 3.19. The SMILES string of the molecule is Cc1cnc(C#Cc2cnc(C)c3cnc(NC(=O)C4CC4)cc23)c(F)c1. The standard InChI is InChI=1S/C21H17FN4O/c1-12-7-18(22)19(24-9-12)6-5-15-10-23-13(2)17-11-25-20(8-16(15)17)26-21(27)14-3-4-14/h7-11,14H,3-4H2,1-2H3,(H,25,26,27). The molecule has 5 nitrogen and oxygen atoms in total. The smallest absolute Gasteiger partial charge is 0.228 e. The van der Waals surface area contributed by atoms with Crippen molar-refractivity contribution in [2.24, 2.45) is 5.92 Å². The van der Waals surface area contributed by atoms with Crippen molar-refractivity contribution >= 4 is 22.5 Å². The highest BCUT2D eigenvalue weighted by atomic mass is 19.1. The van der Waals surface area contributed by atoms with Gasteiger partial charge in [-0.2, -0.15) is 0 Å². The molecule has 1 aliphatic carbocycles. The van der Waals surface area contributed by atoms with E-state index < -0.39 is 5.82 Å². The third kappa shape index (κ3) is 3.63. The molecule has 1 fully saturated rings. The van der Waals surface area contributed by atoms with Gasteiger partial charge in [0.05, 0.1) is 5.56 Å². The van der Waals surface area contributed by atoms with E-state index in [1.54, 1.807) is 31.6 Å². The highest BCUT2D eigenvalue weighted by Crippen LogP contribution is 2.30. The van der Waals surface area contributed by atoms with Crippen LogP contribution >= 0.6 is 0 Å². The molecule has 3 heterocycles. The first kappa shape index (κ1) is 17.1. The molecule has 3 aromatic heterocycles. The zero-order valence-corrected chi connectivity index (χ0v) is 15.0. The first-order valence-corrected chi connectivity index (χ1v) is 8.71. The number of carbonyl (C=O) groups is 1. The number of pyridine rings is 3. The lowest BCUT2D eigenvalue weighted by Gasteiger charge is -2.07. The molecule has 4 rings (SSSR count). The van der Waals surface area contributed by atoms with Gasteiger partial charge in [-0.15, -0.1) is 0 Å². The molecule has 27 heavy (non-hydrogen) atoms. The van der Waals surface area contributed by atoms with E-state index in [1.165, 1.54) is 6.07 Å². The van der Waals surface area contributed by atoms with Crippen LogP contribution in [0.5, 0.6) is 0 Å². The van der Waals surface area contributed by atoms with Crippen LogP contribution in [-0.2, 0) is 4.79 Å². The molecular weight excluding hydrogens is 343 g/mol. The summed E-state index contributed by atoms with van der Waals surface area (Å²) in [6.45, 7) is 3.65. The van der Waals surface area contributed by atoms with Gasteiger partial charge in [-0.25, -0.2) is 14.4 Å². The maximum absolute atomic E-state index is 14.0. The molecule has 1 N–H and O–H groups in total. The van der Waals surface area contributed by atoms with E-state index in [0.717, 1.165) is 34.9 Å². The Labute approximate surface area is 156 Å². The number of carbonyl (C=O) groups excluding carboxylic acids is 1. The van der Waals surface area contributed by atoms with Gasteiger partial charge in [-0.05, 0) is 50.3 Å². The van der Waals surface area contributed by atoms with Crippen LogP contribution in [-0.4, -0.2) is 20.9 Å². The maximum Gasteiger partial charge on any atom is 0.228 e. The summed E-state index contributed by atoms with van der Waals surface area (Å²) in [5.74, 6) is 5.84. The number of hydrogen-bond acceptors (Lipinski definition) is 4. The molecule has 3 aromatic rings. The molecular formula is C21H17FN4O. The van der Waals surface area contributed by atoms with Crippen LogP contribution < -0.4 is 5.32 Å². The van der Waals surface area contributed by atoms with Crippen LogP contribution in [0.3, 0.4) is 0 Å². The molecule has 0 saturated heterocycles. The highest BCUT2D eigenvalue weighted by Gasteiger charge is 2.29. The molecule has 0 aromatic carbocycles. The number of fused-ring (bicyclic) bond motifs is 1. The van der Waals surface area contributed by atoms with Crippen LogP contribution in [0.15, 0.2) is 30.7 Å². The summed E-state index contributed by atoms with van der Waals surface area (Å²) in [5.41, 5.74) is 2.26. The minimum Gasteiger partial charge on any atom is -0.310 e. The number of rotatable bonds is 2. The van der Waals surface area contributed by atoms with E-state index in [-0.39, 0.29) is 17.5 Å². The fourth-order valence-corrected chi connectivity index (χ4v) is 2.76. The van der Waals surface area contributed by atoms with E-state index in [1.807, 2.05) is 6.92 Å². The number of halogens is 1. The van der Waals surface area contributed by atoms with Crippen molar-refractivity contribution in [1.82, 2.24) is 15.0 Å². The fourth-order valence-electron chi connectivity index (χ4n) is 2.76. The van der Waals surface area contributed by atoms with Crippen molar-refractivity contribution < 1.29 is 9.18 Å². The highest BCUT2D eigenvalue weighted by molar-refractivity contribution is 5.96. The van der Waals surface area contributed by atoms with Crippen LogP contribution in [0.1, 0.15) is 35.4 Å². The van der Waals surface area contributed by atoms with Crippen molar-refractivity contribution in [1.29, 1.82) is 0 Å². The quantitative estimate of drug-likeness (QED) is 0.710. The fraction of sp³-hybridized carbons (Fsp3) is 0.238. The van der Waals surface area contributed by atoms with E-state index in [2.05, 4.69) is 32.1 Å². The summed E-state index contributed by atoms with van der Waals surface area (Å²) >= 11 is 0. The van der Waals surface area contributed by atoms with Gasteiger partial charge in [0.2, 0.25) is 5.91 Å². The minimum absolute atomic E-state index is 0.00816. The predicted molar refractivity (Wildman–Crippen MR) is 101 cm³/mol. The Morgan fingerprint density at radius 2 is 1.89 bits per heavy atom. The molecule has 0 spiro atoms. The molecule has 0 bridgehead atoms. The summed E-state index contributed by atoms with van der Waals surface area (Å²) in [5, 5.41) is 4.49. The molecule has 1 aliphatic rings. The average molecular weight is 360 g/mol. The Balaban J connectivity index is 1.74. The normalized spacial score (nSPS) is 13.1. The topological polar surface area (TPSA) is 67.8 Å². The number of hydrogen-bond donors (Lipinski definition) is 1. The number of aromatic nitrogens is 3. The number of anilines is 1. The average Bonchev–Trinajstić information content (AvgIpc) is 3.48. The van der Waals surface area contributed by atoms with Crippen LogP contribution in [0, 0.1) is 37.4 Å². The lowest BCUT2D eigenvalue weighted by atomic mass is 10.1. The Kier molecular flexibility index (Phi) is 4.28. The number of aryl methyl sites for hydroxylation is 2. The number of amides is 1. The van der Waals surface area contributed by atoms with E-state index in [0.29, 0.717) is 11.4 Å². The van der Waals surface area contributed by atoms with E-state index in [9.17, 15) is 9.18 Å². The summed E-state index contributed by atoms with van der Waals surface area (Å²) < 4.78 is 14.0. The van der Waals surface area contributed by atoms with Crippen LogP contribution in [0.4, 0.5) is 10.2 Å². The molecule has 0 atom stereocenters. The molecule has 1 saturated carbocycles. The van der Waals surface area contributed by atoms with Gasteiger partial charge in [-0.3, -0.25) is 9.78 Å². The largest absolute Gasteiger partial charge is 0.310 e. The molecule has 1 amide bonds. The van der Waals surface area contributed by atoms with Crippen molar-refractivity contribution in [2.75, 3.05) is 5.32 Å². The second kappa shape index (κ2) is 6.76. The minimum atomic E-state index is -0.453. The molecule has 0 unspecified atom stereocenters. The second-order valence-corrected chi connectivity index (χ2v) is 6.73. The summed E-state index contributed by atoms with van der Waals surface area (Å²) in [6.07, 6.45) is 6.75. The molecule has 0 aliphatic heterocycles. The van der Waals surface area contributed by atoms with Crippen molar-refractivity contribution in [3.05, 3.63) is 59.1 Å². The van der Waals surface area contributed by atoms with Crippen LogP contribution in [0.25, 0.3) is 10.8 Å². The van der Waals surface area contributed by atoms with Gasteiger partial charge in [0.1, 0.15) is 11.5 Å². The predicted octanol–water partition coefficient (Wildman–Crippen LogP) is 3.53. The molecule has 134 valence electrons. The first-order valence-electron chi connectivity index (χ1n) is 8.71. The summed E-state index contributed by atoms with van der Waals surface area (Å²) in [7, 11) is 0. The lowest BCUT2D eigenvalue weighted by molar-refractivity contribution is -0.117. The molecule has 0 radical (unpaired) electrons. The Morgan fingerprint density at radius 1 is 1.07 bits per heavy atom. The monoisotopic (exact) mass is 360 g/mol. The third-order valence-corrected chi connectivity index (χ3v) is 4.46. The van der Waals surface area contributed by atoms with Crippen molar-refractivity contribution in [2.45, 2.75) is 26.7 Å². The number of nitrogens with zero attached hydrogens (tertiary/aromatic N) is 3. The van der Waals surface area contributed by atoms with Gasteiger partial charge in [0.25, 0.3) is 0 Å². The van der Waals surface area contributed by atoms with Gasteiger partial charge >= 0.3 is 0 Å². The van der Waals surface area contributed by atoms with E-state index >= 15 is 0 Å². The van der Waals surface area contributed by atoms with Crippen molar-refractivity contribution in [3.8, 4) is 11.8 Å². The van der Waals surface area contributed by atoms with Gasteiger partial charge in [0.15, 0.2) is 5.82 Å². The van der Waals surface area contributed by atoms with Gasteiger partial charge < -0.3 is 5.32 Å². The van der Waals surface area contributed by atoms with E-state index in [4.69, 9.17) is 0 Å².